The van der Waals surface area contributed by atoms with E-state index in [1.54, 1.807) is 24.0 Å². The predicted octanol–water partition coefficient (Wildman–Crippen LogP) is 6.99. The first-order chi connectivity index (χ1) is 17.0. The summed E-state index contributed by atoms with van der Waals surface area (Å²) >= 11 is 1.56. The molecular weight excluding hydrogens is 474 g/mol. The van der Waals surface area contributed by atoms with Crippen LogP contribution in [0.1, 0.15) is 5.56 Å². The van der Waals surface area contributed by atoms with Crippen molar-refractivity contribution in [1.82, 2.24) is 4.98 Å². The van der Waals surface area contributed by atoms with E-state index in [1.165, 1.54) is 5.41 Å². The first-order valence-electron chi connectivity index (χ1n) is 11.0. The minimum atomic E-state index is -3.74. The van der Waals surface area contributed by atoms with Gasteiger partial charge in [-0.2, -0.15) is 0 Å². The number of anilines is 2. The number of hydrogen-bond acceptors (Lipinski definition) is 5. The lowest BCUT2D eigenvalue weighted by molar-refractivity contribution is 0.609. The van der Waals surface area contributed by atoms with E-state index in [1.807, 2.05) is 98.0 Å². The Balaban J connectivity index is 1.59. The lowest BCUT2D eigenvalue weighted by atomic mass is 10.1. The zero-order valence-corrected chi connectivity index (χ0v) is 20.6. The molecule has 0 saturated carbocycles. The van der Waals surface area contributed by atoms with Crippen LogP contribution in [0.4, 0.5) is 11.4 Å². The molecule has 0 radical (unpaired) electrons. The number of benzene rings is 4. The molecular formula is C28H23N3O2S2. The molecule has 0 bridgehead atoms. The summed E-state index contributed by atoms with van der Waals surface area (Å²) in [6.07, 6.45) is 3.37. The lowest BCUT2D eigenvalue weighted by Crippen LogP contribution is -2.10. The second-order valence-corrected chi connectivity index (χ2v) is 10.5. The van der Waals surface area contributed by atoms with Crippen molar-refractivity contribution < 1.29 is 8.42 Å². The minimum Gasteiger partial charge on any atom is -0.387 e. The van der Waals surface area contributed by atoms with E-state index in [4.69, 9.17) is 0 Å². The molecule has 5 nitrogen and oxygen atoms in total. The number of para-hydroxylation sites is 1. The fraction of sp³-hybridized carbons (Fsp3) is 0.0357. The number of hydrogen-bond donors (Lipinski definition) is 2. The van der Waals surface area contributed by atoms with Crippen LogP contribution in [0.5, 0.6) is 0 Å². The van der Waals surface area contributed by atoms with Crippen molar-refractivity contribution in [3.63, 3.8) is 0 Å². The van der Waals surface area contributed by atoms with Crippen LogP contribution in [0.15, 0.2) is 112 Å². The molecule has 0 amide bonds. The summed E-state index contributed by atoms with van der Waals surface area (Å²) in [6.45, 7) is 0. The van der Waals surface area contributed by atoms with Crippen molar-refractivity contribution >= 4 is 60.9 Å². The summed E-state index contributed by atoms with van der Waals surface area (Å²) in [6, 6.07) is 29.0. The molecule has 0 spiro atoms. The van der Waals surface area contributed by atoms with Gasteiger partial charge in [0.05, 0.1) is 22.3 Å². The molecule has 174 valence electrons. The van der Waals surface area contributed by atoms with Gasteiger partial charge in [-0.1, -0.05) is 84.6 Å². The smallest absolute Gasteiger partial charge is 0.255 e. The van der Waals surface area contributed by atoms with E-state index in [9.17, 15) is 8.42 Å². The predicted molar refractivity (Wildman–Crippen MR) is 147 cm³/mol. The molecule has 35 heavy (non-hydrogen) atoms. The van der Waals surface area contributed by atoms with E-state index in [-0.39, 0.29) is 0 Å². The van der Waals surface area contributed by atoms with E-state index in [0.29, 0.717) is 5.69 Å². The zero-order chi connectivity index (χ0) is 24.3. The van der Waals surface area contributed by atoms with Crippen LogP contribution < -0.4 is 10.0 Å². The van der Waals surface area contributed by atoms with Gasteiger partial charge in [0.25, 0.3) is 10.0 Å². The zero-order valence-electron chi connectivity index (χ0n) is 19.0. The summed E-state index contributed by atoms with van der Waals surface area (Å²) in [5.74, 6) is 0. The molecule has 0 aliphatic carbocycles. The number of pyridine rings is 1. The van der Waals surface area contributed by atoms with Gasteiger partial charge in [-0.25, -0.2) is 8.42 Å². The van der Waals surface area contributed by atoms with Crippen molar-refractivity contribution in [2.75, 3.05) is 17.1 Å². The SMILES string of the molecule is CNc1c(Sc2cccc3cccnc23)cc(NS(=O)(=O)C=Cc2ccccc2)c2ccccc12. The highest BCUT2D eigenvalue weighted by molar-refractivity contribution is 7.99. The molecule has 0 aliphatic heterocycles. The molecule has 1 aromatic heterocycles. The van der Waals surface area contributed by atoms with Crippen molar-refractivity contribution in [2.45, 2.75) is 9.79 Å². The molecule has 0 atom stereocenters. The summed E-state index contributed by atoms with van der Waals surface area (Å²) in [5.41, 5.74) is 3.17. The third-order valence-electron chi connectivity index (χ3n) is 5.57. The van der Waals surface area contributed by atoms with Gasteiger partial charge in [0, 0.05) is 39.2 Å². The van der Waals surface area contributed by atoms with Gasteiger partial charge in [0.2, 0.25) is 0 Å². The Morgan fingerprint density at radius 2 is 1.57 bits per heavy atom. The maximum absolute atomic E-state index is 13.0. The minimum absolute atomic E-state index is 0.521. The van der Waals surface area contributed by atoms with E-state index in [0.717, 1.165) is 42.7 Å². The number of aromatic nitrogens is 1. The molecule has 0 aliphatic rings. The molecule has 1 heterocycles. The number of fused-ring (bicyclic) bond motifs is 2. The Bertz CT molecular complexity index is 1640. The van der Waals surface area contributed by atoms with Crippen molar-refractivity contribution in [3.05, 3.63) is 108 Å². The molecule has 7 heteroatoms. The molecule has 5 aromatic rings. The Morgan fingerprint density at radius 3 is 2.37 bits per heavy atom. The molecule has 0 saturated heterocycles. The summed E-state index contributed by atoms with van der Waals surface area (Å²) < 4.78 is 28.7. The van der Waals surface area contributed by atoms with E-state index >= 15 is 0 Å². The fourth-order valence-electron chi connectivity index (χ4n) is 3.97. The van der Waals surface area contributed by atoms with Crippen LogP contribution in [0.2, 0.25) is 0 Å². The summed E-state index contributed by atoms with van der Waals surface area (Å²) in [7, 11) is -1.87. The molecule has 0 unspecified atom stereocenters. The number of sulfonamides is 1. The average Bonchev–Trinajstić information content (AvgIpc) is 2.88. The molecule has 0 fully saturated rings. The first kappa shape index (κ1) is 23.0. The highest BCUT2D eigenvalue weighted by Gasteiger charge is 2.16. The van der Waals surface area contributed by atoms with Crippen LogP contribution >= 0.6 is 11.8 Å². The lowest BCUT2D eigenvalue weighted by Gasteiger charge is -2.17. The van der Waals surface area contributed by atoms with Gasteiger partial charge in [-0.3, -0.25) is 9.71 Å². The Kier molecular flexibility index (Phi) is 6.44. The van der Waals surface area contributed by atoms with Crippen molar-refractivity contribution in [1.29, 1.82) is 0 Å². The first-order valence-corrected chi connectivity index (χ1v) is 13.4. The fourth-order valence-corrected chi connectivity index (χ4v) is 5.99. The van der Waals surface area contributed by atoms with Crippen LogP contribution in [0, 0.1) is 0 Å². The topological polar surface area (TPSA) is 71.1 Å². The molecule has 2 N–H and O–H groups in total. The Labute approximate surface area is 209 Å². The largest absolute Gasteiger partial charge is 0.387 e. The van der Waals surface area contributed by atoms with Gasteiger partial charge in [0.15, 0.2) is 0 Å². The second-order valence-electron chi connectivity index (χ2n) is 7.89. The number of rotatable bonds is 7. The molecule has 5 rings (SSSR count). The van der Waals surface area contributed by atoms with Gasteiger partial charge < -0.3 is 5.32 Å². The standard InChI is InChI=1S/C28H23N3O2S2/c1-29-28-23-14-6-5-13-22(23)24(31-35(32,33)18-16-20-9-3-2-4-10-20)19-26(28)34-25-15-7-11-21-12-8-17-30-27(21)25/h2-19,29,31H,1H3. The van der Waals surface area contributed by atoms with E-state index in [2.05, 4.69) is 15.0 Å². The highest BCUT2D eigenvalue weighted by atomic mass is 32.2. The highest BCUT2D eigenvalue weighted by Crippen LogP contribution is 2.43. The summed E-state index contributed by atoms with van der Waals surface area (Å²) in [4.78, 5) is 6.46. The number of nitrogens with zero attached hydrogens (tertiary/aromatic N) is 1. The van der Waals surface area contributed by atoms with Gasteiger partial charge >= 0.3 is 0 Å². The number of nitrogens with one attached hydrogen (secondary N) is 2. The maximum Gasteiger partial charge on any atom is 0.255 e. The van der Waals surface area contributed by atoms with E-state index < -0.39 is 10.0 Å². The quantitative estimate of drug-likeness (QED) is 0.253. The summed E-state index contributed by atoms with van der Waals surface area (Å²) in [5, 5.41) is 7.30. The Hall–Kier alpha value is -3.81. The average molecular weight is 498 g/mol. The maximum atomic E-state index is 13.0. The third kappa shape index (κ3) is 5.01. The molecule has 4 aromatic carbocycles. The van der Waals surface area contributed by atoms with Crippen LogP contribution in [-0.4, -0.2) is 20.4 Å². The van der Waals surface area contributed by atoms with Crippen LogP contribution in [0.3, 0.4) is 0 Å². The second kappa shape index (κ2) is 9.82. The van der Waals surface area contributed by atoms with Gasteiger partial charge in [0.1, 0.15) is 0 Å². The normalized spacial score (nSPS) is 11.8. The van der Waals surface area contributed by atoms with Gasteiger partial charge in [-0.15, -0.1) is 0 Å². The monoisotopic (exact) mass is 497 g/mol. The van der Waals surface area contributed by atoms with Crippen LogP contribution in [-0.2, 0) is 10.0 Å². The van der Waals surface area contributed by atoms with Gasteiger partial charge in [-0.05, 0) is 29.8 Å². The van der Waals surface area contributed by atoms with Crippen LogP contribution in [0.25, 0.3) is 27.8 Å². The third-order valence-corrected chi connectivity index (χ3v) is 7.66. The van der Waals surface area contributed by atoms with Crippen molar-refractivity contribution in [3.8, 4) is 0 Å². The Morgan fingerprint density at radius 1 is 0.829 bits per heavy atom. The van der Waals surface area contributed by atoms with Crippen molar-refractivity contribution in [2.24, 2.45) is 0 Å².